The summed E-state index contributed by atoms with van der Waals surface area (Å²) >= 11 is 0. The van der Waals surface area contributed by atoms with Gasteiger partial charge in [0.1, 0.15) is 11.8 Å². The van der Waals surface area contributed by atoms with E-state index >= 15 is 0 Å². The molecule has 0 N–H and O–H groups in total. The Bertz CT molecular complexity index is 425. The van der Waals surface area contributed by atoms with Crippen molar-refractivity contribution in [3.8, 4) is 5.88 Å². The minimum absolute atomic E-state index is 0.0264. The molecule has 100 valence electrons. The molecular weight excluding hydrogens is 243 g/mol. The molecule has 1 heterocycles. The lowest BCUT2D eigenvalue weighted by Gasteiger charge is -2.27. The molecule has 2 rings (SSSR count). The molecule has 0 atom stereocenters. The van der Waals surface area contributed by atoms with Crippen LogP contribution in [0, 0.1) is 0 Å². The molecule has 1 aliphatic carbocycles. The van der Waals surface area contributed by atoms with Crippen molar-refractivity contribution >= 4 is 0 Å². The summed E-state index contributed by atoms with van der Waals surface area (Å²) in [7, 11) is 0. The van der Waals surface area contributed by atoms with Gasteiger partial charge in [0.05, 0.1) is 0 Å². The van der Waals surface area contributed by atoms with E-state index in [1.165, 1.54) is 6.07 Å². The fourth-order valence-electron chi connectivity index (χ4n) is 1.79. The van der Waals surface area contributed by atoms with Crippen molar-refractivity contribution in [1.29, 1.82) is 0 Å². The molecular formula is C13H16F3NO. The second kappa shape index (κ2) is 4.78. The summed E-state index contributed by atoms with van der Waals surface area (Å²) in [4.78, 5) is 3.64. The summed E-state index contributed by atoms with van der Waals surface area (Å²) in [5.41, 5.74) is -0.156. The second-order valence-electron chi connectivity index (χ2n) is 4.91. The van der Waals surface area contributed by atoms with Crippen LogP contribution in [-0.2, 0) is 6.18 Å². The van der Waals surface area contributed by atoms with Gasteiger partial charge in [0.15, 0.2) is 0 Å². The van der Waals surface area contributed by atoms with Crippen LogP contribution in [0.25, 0.3) is 0 Å². The molecule has 0 aliphatic heterocycles. The summed E-state index contributed by atoms with van der Waals surface area (Å²) in [6.45, 7) is 3.83. The number of halogens is 3. The SMILES string of the molecule is CC(C)c1ccc(C(F)(F)F)nc1OC1CCC1. The average molecular weight is 259 g/mol. The first-order valence-corrected chi connectivity index (χ1v) is 6.12. The Morgan fingerprint density at radius 1 is 1.28 bits per heavy atom. The smallest absolute Gasteiger partial charge is 0.433 e. The Hall–Kier alpha value is -1.26. The van der Waals surface area contributed by atoms with Crippen LogP contribution in [0.5, 0.6) is 5.88 Å². The third-order valence-electron chi connectivity index (χ3n) is 3.13. The van der Waals surface area contributed by atoms with Crippen LogP contribution in [0.15, 0.2) is 12.1 Å². The van der Waals surface area contributed by atoms with E-state index in [-0.39, 0.29) is 17.9 Å². The molecule has 0 spiro atoms. The number of pyridine rings is 1. The minimum Gasteiger partial charge on any atom is -0.474 e. The van der Waals surface area contributed by atoms with Crippen molar-refractivity contribution in [1.82, 2.24) is 4.98 Å². The second-order valence-corrected chi connectivity index (χ2v) is 4.91. The zero-order valence-corrected chi connectivity index (χ0v) is 10.4. The number of nitrogens with zero attached hydrogens (tertiary/aromatic N) is 1. The van der Waals surface area contributed by atoms with E-state index in [9.17, 15) is 13.2 Å². The van der Waals surface area contributed by atoms with E-state index in [1.807, 2.05) is 13.8 Å². The number of ether oxygens (including phenoxy) is 1. The normalized spacial score (nSPS) is 16.8. The quantitative estimate of drug-likeness (QED) is 0.813. The predicted octanol–water partition coefficient (Wildman–Crippen LogP) is 4.16. The van der Waals surface area contributed by atoms with Gasteiger partial charge in [-0.1, -0.05) is 19.9 Å². The summed E-state index contributed by atoms with van der Waals surface area (Å²) in [6, 6.07) is 2.48. The van der Waals surface area contributed by atoms with E-state index in [0.29, 0.717) is 0 Å². The fraction of sp³-hybridized carbons (Fsp3) is 0.615. The molecule has 1 aliphatic rings. The first-order valence-electron chi connectivity index (χ1n) is 6.12. The third kappa shape index (κ3) is 2.76. The molecule has 5 heteroatoms. The van der Waals surface area contributed by atoms with Crippen molar-refractivity contribution < 1.29 is 17.9 Å². The molecule has 1 aromatic rings. The number of rotatable bonds is 3. The topological polar surface area (TPSA) is 22.1 Å². The van der Waals surface area contributed by atoms with Crippen LogP contribution < -0.4 is 4.74 Å². The highest BCUT2D eigenvalue weighted by atomic mass is 19.4. The van der Waals surface area contributed by atoms with Gasteiger partial charge in [0.25, 0.3) is 0 Å². The highest BCUT2D eigenvalue weighted by Crippen LogP contribution is 2.34. The Balaban J connectivity index is 2.31. The Kier molecular flexibility index (Phi) is 3.50. The van der Waals surface area contributed by atoms with E-state index in [1.54, 1.807) is 0 Å². The zero-order valence-electron chi connectivity index (χ0n) is 10.4. The number of aromatic nitrogens is 1. The van der Waals surface area contributed by atoms with Gasteiger partial charge in [-0.15, -0.1) is 0 Å². The Morgan fingerprint density at radius 2 is 1.94 bits per heavy atom. The van der Waals surface area contributed by atoms with E-state index in [4.69, 9.17) is 4.74 Å². The van der Waals surface area contributed by atoms with Gasteiger partial charge in [0.2, 0.25) is 5.88 Å². The van der Waals surface area contributed by atoms with Crippen molar-refractivity contribution in [3.63, 3.8) is 0 Å². The maximum atomic E-state index is 12.6. The maximum Gasteiger partial charge on any atom is 0.433 e. The molecule has 2 nitrogen and oxygen atoms in total. The molecule has 0 radical (unpaired) electrons. The number of alkyl halides is 3. The van der Waals surface area contributed by atoms with E-state index in [0.717, 1.165) is 30.9 Å². The number of hydrogen-bond donors (Lipinski definition) is 0. The lowest BCUT2D eigenvalue weighted by atomic mass is 9.96. The van der Waals surface area contributed by atoms with E-state index < -0.39 is 11.9 Å². The first kappa shape index (κ1) is 13.2. The highest BCUT2D eigenvalue weighted by molar-refractivity contribution is 5.32. The maximum absolute atomic E-state index is 12.6. The van der Waals surface area contributed by atoms with Crippen molar-refractivity contribution in [3.05, 3.63) is 23.4 Å². The highest BCUT2D eigenvalue weighted by Gasteiger charge is 2.34. The molecule has 0 unspecified atom stereocenters. The van der Waals surface area contributed by atoms with Gasteiger partial charge >= 0.3 is 6.18 Å². The molecule has 0 aromatic carbocycles. The van der Waals surface area contributed by atoms with Gasteiger partial charge in [-0.3, -0.25) is 0 Å². The van der Waals surface area contributed by atoms with Crippen molar-refractivity contribution in [2.75, 3.05) is 0 Å². The lowest BCUT2D eigenvalue weighted by molar-refractivity contribution is -0.141. The molecule has 0 bridgehead atoms. The summed E-state index contributed by atoms with van der Waals surface area (Å²) < 4.78 is 43.4. The zero-order chi connectivity index (χ0) is 13.3. The van der Waals surface area contributed by atoms with Gasteiger partial charge in [-0.05, 0) is 31.2 Å². The van der Waals surface area contributed by atoms with Crippen molar-refractivity contribution in [2.45, 2.75) is 51.3 Å². The Labute approximate surface area is 104 Å². The summed E-state index contributed by atoms with van der Waals surface area (Å²) in [5, 5.41) is 0. The van der Waals surface area contributed by atoms with Crippen molar-refractivity contribution in [2.24, 2.45) is 0 Å². The summed E-state index contributed by atoms with van der Waals surface area (Å²) in [5.74, 6) is 0.236. The fourth-order valence-corrected chi connectivity index (χ4v) is 1.79. The van der Waals surface area contributed by atoms with Gasteiger partial charge < -0.3 is 4.74 Å². The van der Waals surface area contributed by atoms with Crippen LogP contribution in [0.2, 0.25) is 0 Å². The lowest BCUT2D eigenvalue weighted by Crippen LogP contribution is -2.26. The standard InChI is InChI=1S/C13H16F3NO/c1-8(2)10-6-7-11(13(14,15)16)17-12(10)18-9-4-3-5-9/h6-9H,3-5H2,1-2H3. The molecule has 0 amide bonds. The number of hydrogen-bond acceptors (Lipinski definition) is 2. The van der Waals surface area contributed by atoms with Crippen LogP contribution in [0.3, 0.4) is 0 Å². The first-order chi connectivity index (χ1) is 8.38. The van der Waals surface area contributed by atoms with Crippen LogP contribution in [-0.4, -0.2) is 11.1 Å². The molecule has 1 saturated carbocycles. The molecule has 0 saturated heterocycles. The molecule has 18 heavy (non-hydrogen) atoms. The van der Waals surface area contributed by atoms with E-state index in [2.05, 4.69) is 4.98 Å². The van der Waals surface area contributed by atoms with Gasteiger partial charge in [0, 0.05) is 5.56 Å². The third-order valence-corrected chi connectivity index (χ3v) is 3.13. The molecule has 1 aromatic heterocycles. The van der Waals surface area contributed by atoms with Gasteiger partial charge in [-0.25, -0.2) is 4.98 Å². The van der Waals surface area contributed by atoms with Crippen LogP contribution in [0.4, 0.5) is 13.2 Å². The van der Waals surface area contributed by atoms with Gasteiger partial charge in [-0.2, -0.15) is 13.2 Å². The minimum atomic E-state index is -4.42. The van der Waals surface area contributed by atoms with Crippen LogP contribution in [0.1, 0.15) is 50.3 Å². The molecule has 1 fully saturated rings. The Morgan fingerprint density at radius 3 is 2.39 bits per heavy atom. The summed E-state index contributed by atoms with van der Waals surface area (Å²) in [6.07, 6.45) is -1.53. The predicted molar refractivity (Wildman–Crippen MR) is 61.6 cm³/mol. The van der Waals surface area contributed by atoms with Crippen LogP contribution >= 0.6 is 0 Å². The monoisotopic (exact) mass is 259 g/mol. The average Bonchev–Trinajstić information content (AvgIpc) is 2.21. The largest absolute Gasteiger partial charge is 0.474 e.